The lowest BCUT2D eigenvalue weighted by Gasteiger charge is -2.25. The number of morpholine rings is 1. The molecule has 0 aromatic carbocycles. The third kappa shape index (κ3) is 5.79. The van der Waals surface area contributed by atoms with E-state index < -0.39 is 11.9 Å². The lowest BCUT2D eigenvalue weighted by Crippen LogP contribution is -2.35. The van der Waals surface area contributed by atoms with Gasteiger partial charge in [0.2, 0.25) is 0 Å². The molecule has 0 spiro atoms. The van der Waals surface area contributed by atoms with Crippen molar-refractivity contribution in [3.8, 4) is 0 Å². The Labute approximate surface area is 157 Å². The van der Waals surface area contributed by atoms with Gasteiger partial charge in [-0.2, -0.15) is 0 Å². The molecular weight excluding hydrogens is 358 g/mol. The van der Waals surface area contributed by atoms with Gasteiger partial charge in [0.25, 0.3) is 0 Å². The fourth-order valence-corrected chi connectivity index (χ4v) is 3.25. The van der Waals surface area contributed by atoms with Crippen LogP contribution in [-0.2, 0) is 30.3 Å². The second kappa shape index (κ2) is 10.2. The van der Waals surface area contributed by atoms with Crippen molar-refractivity contribution in [1.82, 2.24) is 9.88 Å². The normalized spacial score (nSPS) is 14.6. The topological polar surface area (TPSA) is 81.2 Å². The van der Waals surface area contributed by atoms with Crippen molar-refractivity contribution in [1.29, 1.82) is 0 Å². The molecule has 1 aliphatic rings. The van der Waals surface area contributed by atoms with E-state index in [-0.39, 0.29) is 18.8 Å². The van der Waals surface area contributed by atoms with E-state index in [0.29, 0.717) is 0 Å². The highest BCUT2D eigenvalue weighted by atomic mass is 32.1. The van der Waals surface area contributed by atoms with E-state index in [2.05, 4.69) is 9.88 Å². The van der Waals surface area contributed by atoms with Crippen LogP contribution in [0, 0.1) is 0 Å². The molecule has 1 aliphatic heterocycles. The summed E-state index contributed by atoms with van der Waals surface area (Å²) in [6.45, 7) is 7.76. The van der Waals surface area contributed by atoms with Gasteiger partial charge in [0.1, 0.15) is 10.0 Å². The van der Waals surface area contributed by atoms with Gasteiger partial charge in [-0.3, -0.25) is 4.90 Å². The SMILES string of the molecule is CCOC(=O)C(=CN(C)c1cnc(CN2CCOCC2)s1)C(=O)OCC. The molecule has 0 N–H and O–H groups in total. The summed E-state index contributed by atoms with van der Waals surface area (Å²) in [5.74, 6) is -1.40. The average molecular weight is 383 g/mol. The molecule has 0 unspecified atom stereocenters. The molecule has 1 saturated heterocycles. The van der Waals surface area contributed by atoms with Gasteiger partial charge in [0.05, 0.1) is 39.2 Å². The number of thiazole rings is 1. The van der Waals surface area contributed by atoms with Gasteiger partial charge >= 0.3 is 11.9 Å². The van der Waals surface area contributed by atoms with Crippen LogP contribution in [-0.4, -0.2) is 68.4 Å². The molecule has 2 rings (SSSR count). The van der Waals surface area contributed by atoms with Crippen LogP contribution in [0.25, 0.3) is 0 Å². The minimum Gasteiger partial charge on any atom is -0.462 e. The molecule has 1 fully saturated rings. The number of carbonyl (C=O) groups excluding carboxylic acids is 2. The molecule has 26 heavy (non-hydrogen) atoms. The molecule has 0 saturated carbocycles. The summed E-state index contributed by atoms with van der Waals surface area (Å²) < 4.78 is 15.2. The average Bonchev–Trinajstić information content (AvgIpc) is 3.09. The van der Waals surface area contributed by atoms with Crippen molar-refractivity contribution < 1.29 is 23.8 Å². The Kier molecular flexibility index (Phi) is 8.02. The number of aromatic nitrogens is 1. The van der Waals surface area contributed by atoms with Crippen molar-refractivity contribution in [3.05, 3.63) is 23.0 Å². The van der Waals surface area contributed by atoms with E-state index in [1.54, 1.807) is 32.0 Å². The van der Waals surface area contributed by atoms with Crippen molar-refractivity contribution >= 4 is 28.3 Å². The Balaban J connectivity index is 2.09. The van der Waals surface area contributed by atoms with Crippen molar-refractivity contribution in [2.24, 2.45) is 0 Å². The Bertz CT molecular complexity index is 620. The maximum Gasteiger partial charge on any atom is 0.347 e. The molecule has 2 heterocycles. The van der Waals surface area contributed by atoms with E-state index in [0.717, 1.165) is 42.9 Å². The van der Waals surface area contributed by atoms with Gasteiger partial charge in [0, 0.05) is 26.3 Å². The van der Waals surface area contributed by atoms with Gasteiger partial charge < -0.3 is 19.1 Å². The maximum absolute atomic E-state index is 12.0. The van der Waals surface area contributed by atoms with Crippen LogP contribution in [0.3, 0.4) is 0 Å². The maximum atomic E-state index is 12.0. The van der Waals surface area contributed by atoms with E-state index in [1.165, 1.54) is 17.5 Å². The van der Waals surface area contributed by atoms with Crippen LogP contribution in [0.15, 0.2) is 18.0 Å². The number of rotatable bonds is 8. The lowest BCUT2D eigenvalue weighted by atomic mass is 10.3. The summed E-state index contributed by atoms with van der Waals surface area (Å²) in [5, 5.41) is 1.79. The van der Waals surface area contributed by atoms with Crippen LogP contribution in [0.4, 0.5) is 5.00 Å². The molecule has 0 aliphatic carbocycles. The number of carbonyl (C=O) groups is 2. The summed E-state index contributed by atoms with van der Waals surface area (Å²) in [6.07, 6.45) is 3.16. The van der Waals surface area contributed by atoms with Crippen molar-refractivity contribution in [2.75, 3.05) is 51.5 Å². The van der Waals surface area contributed by atoms with E-state index in [4.69, 9.17) is 14.2 Å². The first-order chi connectivity index (χ1) is 12.5. The number of hydrogen-bond donors (Lipinski definition) is 0. The minimum absolute atomic E-state index is 0.140. The number of ether oxygens (including phenoxy) is 3. The third-order valence-corrected chi connectivity index (χ3v) is 4.74. The molecule has 0 atom stereocenters. The molecule has 0 bridgehead atoms. The van der Waals surface area contributed by atoms with Crippen molar-refractivity contribution in [2.45, 2.75) is 20.4 Å². The first kappa shape index (κ1) is 20.3. The standard InChI is InChI=1S/C17H25N3O5S/c1-4-24-16(21)13(17(22)25-5-2)11-19(3)15-10-18-14(26-15)12-20-6-8-23-9-7-20/h10-11H,4-9,12H2,1-3H3. The minimum atomic E-state index is -0.698. The molecule has 8 nitrogen and oxygen atoms in total. The Morgan fingerprint density at radius 3 is 2.46 bits per heavy atom. The van der Waals surface area contributed by atoms with E-state index in [1.807, 2.05) is 0 Å². The van der Waals surface area contributed by atoms with Crippen molar-refractivity contribution in [3.63, 3.8) is 0 Å². The molecule has 0 amide bonds. The van der Waals surface area contributed by atoms with E-state index >= 15 is 0 Å². The summed E-state index contributed by atoms with van der Waals surface area (Å²) in [7, 11) is 1.75. The Morgan fingerprint density at radius 2 is 1.88 bits per heavy atom. The zero-order valence-corrected chi connectivity index (χ0v) is 16.2. The second-order valence-corrected chi connectivity index (χ2v) is 6.67. The number of anilines is 1. The number of esters is 2. The van der Waals surface area contributed by atoms with Gasteiger partial charge in [-0.25, -0.2) is 14.6 Å². The summed E-state index contributed by atoms with van der Waals surface area (Å²) in [4.78, 5) is 32.5. The molecule has 9 heteroatoms. The first-order valence-electron chi connectivity index (χ1n) is 8.58. The Hall–Kier alpha value is -1.97. The van der Waals surface area contributed by atoms with Gasteiger partial charge in [-0.05, 0) is 13.8 Å². The highest BCUT2D eigenvalue weighted by Crippen LogP contribution is 2.24. The summed E-state index contributed by atoms with van der Waals surface area (Å²) >= 11 is 1.51. The van der Waals surface area contributed by atoms with Crippen LogP contribution in [0.5, 0.6) is 0 Å². The van der Waals surface area contributed by atoms with Crippen LogP contribution < -0.4 is 4.90 Å². The van der Waals surface area contributed by atoms with Gasteiger partial charge in [-0.1, -0.05) is 11.3 Å². The van der Waals surface area contributed by atoms with Crippen LogP contribution >= 0.6 is 11.3 Å². The highest BCUT2D eigenvalue weighted by molar-refractivity contribution is 7.15. The predicted octanol–water partition coefficient (Wildman–Crippen LogP) is 1.42. The number of hydrogen-bond acceptors (Lipinski definition) is 9. The fraction of sp³-hybridized carbons (Fsp3) is 0.588. The monoisotopic (exact) mass is 383 g/mol. The molecule has 0 radical (unpaired) electrons. The molecular formula is C17H25N3O5S. The zero-order chi connectivity index (χ0) is 18.9. The Morgan fingerprint density at radius 1 is 1.27 bits per heavy atom. The molecule has 1 aromatic heterocycles. The smallest absolute Gasteiger partial charge is 0.347 e. The van der Waals surface area contributed by atoms with Gasteiger partial charge in [-0.15, -0.1) is 0 Å². The third-order valence-electron chi connectivity index (χ3n) is 3.67. The van der Waals surface area contributed by atoms with Crippen LogP contribution in [0.1, 0.15) is 18.9 Å². The fourth-order valence-electron chi connectivity index (χ4n) is 2.35. The molecule has 144 valence electrons. The summed E-state index contributed by atoms with van der Waals surface area (Å²) in [6, 6.07) is 0. The zero-order valence-electron chi connectivity index (χ0n) is 15.4. The predicted molar refractivity (Wildman–Crippen MR) is 98.0 cm³/mol. The number of nitrogens with zero attached hydrogens (tertiary/aromatic N) is 3. The summed E-state index contributed by atoms with van der Waals surface area (Å²) in [5.41, 5.74) is -0.140. The molecule has 1 aromatic rings. The van der Waals surface area contributed by atoms with E-state index in [9.17, 15) is 9.59 Å². The quantitative estimate of drug-likeness (QED) is 0.289. The highest BCUT2D eigenvalue weighted by Gasteiger charge is 2.22. The largest absolute Gasteiger partial charge is 0.462 e. The second-order valence-electron chi connectivity index (χ2n) is 5.58. The first-order valence-corrected chi connectivity index (χ1v) is 9.40. The van der Waals surface area contributed by atoms with Crippen LogP contribution in [0.2, 0.25) is 0 Å². The van der Waals surface area contributed by atoms with Gasteiger partial charge in [0.15, 0.2) is 5.57 Å². The lowest BCUT2D eigenvalue weighted by molar-refractivity contribution is -0.146.